The standard InChI is InChI=1S/C13H20N2O2/c1-4-10(14)8-13(16)15-11-6-5-9(2)7-12(11)17-3/h5-7,10H,4,8,14H2,1-3H3,(H,15,16). The number of rotatable bonds is 5. The van der Waals surface area contributed by atoms with Crippen LogP contribution in [0.25, 0.3) is 0 Å². The molecule has 0 aliphatic heterocycles. The molecule has 1 aromatic carbocycles. The van der Waals surface area contributed by atoms with Crippen molar-refractivity contribution in [2.75, 3.05) is 12.4 Å². The molecule has 0 aliphatic carbocycles. The Bertz CT molecular complexity index is 391. The van der Waals surface area contributed by atoms with E-state index in [-0.39, 0.29) is 11.9 Å². The molecule has 0 aliphatic rings. The number of methoxy groups -OCH3 is 1. The number of nitrogens with one attached hydrogen (secondary N) is 1. The fourth-order valence-corrected chi connectivity index (χ4v) is 1.49. The third kappa shape index (κ3) is 4.07. The molecule has 0 heterocycles. The second-order valence-electron chi connectivity index (χ2n) is 4.12. The Morgan fingerprint density at radius 2 is 2.24 bits per heavy atom. The summed E-state index contributed by atoms with van der Waals surface area (Å²) < 4.78 is 5.21. The number of aryl methyl sites for hydroxylation is 1. The van der Waals surface area contributed by atoms with Gasteiger partial charge in [-0.25, -0.2) is 0 Å². The predicted octanol–water partition coefficient (Wildman–Crippen LogP) is 2.07. The highest BCUT2D eigenvalue weighted by atomic mass is 16.5. The van der Waals surface area contributed by atoms with Gasteiger partial charge in [-0.3, -0.25) is 4.79 Å². The van der Waals surface area contributed by atoms with Gasteiger partial charge in [0, 0.05) is 12.5 Å². The first kappa shape index (κ1) is 13.5. The number of carbonyl (C=O) groups is 1. The van der Waals surface area contributed by atoms with E-state index in [4.69, 9.17) is 10.5 Å². The summed E-state index contributed by atoms with van der Waals surface area (Å²) >= 11 is 0. The Labute approximate surface area is 102 Å². The maximum atomic E-state index is 11.7. The Hall–Kier alpha value is -1.55. The van der Waals surface area contributed by atoms with Crippen molar-refractivity contribution in [2.45, 2.75) is 32.7 Å². The average Bonchev–Trinajstić information content (AvgIpc) is 2.31. The molecule has 1 aromatic rings. The van der Waals surface area contributed by atoms with Crippen molar-refractivity contribution in [2.24, 2.45) is 5.73 Å². The second-order valence-corrected chi connectivity index (χ2v) is 4.12. The molecule has 0 fully saturated rings. The van der Waals surface area contributed by atoms with Crippen molar-refractivity contribution in [3.05, 3.63) is 23.8 Å². The summed E-state index contributed by atoms with van der Waals surface area (Å²) in [5.41, 5.74) is 7.50. The van der Waals surface area contributed by atoms with Gasteiger partial charge in [-0.15, -0.1) is 0 Å². The number of hydrogen-bond acceptors (Lipinski definition) is 3. The van der Waals surface area contributed by atoms with Gasteiger partial charge in [0.1, 0.15) is 5.75 Å². The number of hydrogen-bond donors (Lipinski definition) is 2. The topological polar surface area (TPSA) is 64.4 Å². The fraction of sp³-hybridized carbons (Fsp3) is 0.462. The van der Waals surface area contributed by atoms with Crippen LogP contribution in [0, 0.1) is 6.92 Å². The summed E-state index contributed by atoms with van der Waals surface area (Å²) in [6, 6.07) is 5.56. The summed E-state index contributed by atoms with van der Waals surface area (Å²) in [6.45, 7) is 3.94. The summed E-state index contributed by atoms with van der Waals surface area (Å²) in [5.74, 6) is 0.588. The quantitative estimate of drug-likeness (QED) is 0.822. The molecule has 94 valence electrons. The van der Waals surface area contributed by atoms with Gasteiger partial charge in [0.2, 0.25) is 5.91 Å². The van der Waals surface area contributed by atoms with E-state index >= 15 is 0 Å². The lowest BCUT2D eigenvalue weighted by Gasteiger charge is -2.12. The molecule has 1 atom stereocenters. The molecule has 0 radical (unpaired) electrons. The van der Waals surface area contributed by atoms with Crippen LogP contribution in [0.5, 0.6) is 5.75 Å². The van der Waals surface area contributed by atoms with Gasteiger partial charge >= 0.3 is 0 Å². The van der Waals surface area contributed by atoms with Gasteiger partial charge in [-0.1, -0.05) is 13.0 Å². The van der Waals surface area contributed by atoms with Crippen molar-refractivity contribution in [3.8, 4) is 5.75 Å². The third-order valence-corrected chi connectivity index (χ3v) is 2.60. The minimum atomic E-state index is -0.0913. The molecule has 0 aromatic heterocycles. The first-order chi connectivity index (χ1) is 8.06. The molecule has 4 nitrogen and oxygen atoms in total. The molecule has 0 saturated carbocycles. The molecule has 1 amide bonds. The Balaban J connectivity index is 2.71. The van der Waals surface area contributed by atoms with Gasteiger partial charge in [-0.05, 0) is 31.0 Å². The van der Waals surface area contributed by atoms with E-state index in [0.717, 1.165) is 12.0 Å². The second kappa shape index (κ2) is 6.25. The Kier molecular flexibility index (Phi) is 4.97. The molecular weight excluding hydrogens is 216 g/mol. The molecule has 3 N–H and O–H groups in total. The number of carbonyl (C=O) groups excluding carboxylic acids is 1. The van der Waals surface area contributed by atoms with E-state index in [2.05, 4.69) is 5.32 Å². The van der Waals surface area contributed by atoms with Crippen molar-refractivity contribution in [3.63, 3.8) is 0 Å². The van der Waals surface area contributed by atoms with Crippen LogP contribution >= 0.6 is 0 Å². The van der Waals surface area contributed by atoms with E-state index < -0.39 is 0 Å². The molecule has 1 rings (SSSR count). The molecule has 0 bridgehead atoms. The van der Waals surface area contributed by atoms with E-state index in [0.29, 0.717) is 17.9 Å². The highest BCUT2D eigenvalue weighted by Gasteiger charge is 2.10. The van der Waals surface area contributed by atoms with Crippen molar-refractivity contribution in [1.29, 1.82) is 0 Å². The SMILES string of the molecule is CCC(N)CC(=O)Nc1ccc(C)cc1OC. The maximum absolute atomic E-state index is 11.7. The van der Waals surface area contributed by atoms with Crippen LogP contribution in [0.2, 0.25) is 0 Å². The maximum Gasteiger partial charge on any atom is 0.226 e. The first-order valence-electron chi connectivity index (χ1n) is 5.77. The van der Waals surface area contributed by atoms with Crippen LogP contribution in [0.4, 0.5) is 5.69 Å². The van der Waals surface area contributed by atoms with Crippen molar-refractivity contribution < 1.29 is 9.53 Å². The molecular formula is C13H20N2O2. The van der Waals surface area contributed by atoms with Gasteiger partial charge in [0.25, 0.3) is 0 Å². The zero-order valence-electron chi connectivity index (χ0n) is 10.6. The average molecular weight is 236 g/mol. The zero-order valence-corrected chi connectivity index (χ0v) is 10.6. The zero-order chi connectivity index (χ0) is 12.8. The smallest absolute Gasteiger partial charge is 0.226 e. The van der Waals surface area contributed by atoms with Crippen LogP contribution in [0.1, 0.15) is 25.3 Å². The first-order valence-corrected chi connectivity index (χ1v) is 5.77. The highest BCUT2D eigenvalue weighted by Crippen LogP contribution is 2.25. The van der Waals surface area contributed by atoms with E-state index in [1.807, 2.05) is 32.0 Å². The monoisotopic (exact) mass is 236 g/mol. The minimum absolute atomic E-state index is 0.0819. The largest absolute Gasteiger partial charge is 0.495 e. The van der Waals surface area contributed by atoms with Gasteiger partial charge in [0.15, 0.2) is 0 Å². The number of benzene rings is 1. The molecule has 0 saturated heterocycles. The predicted molar refractivity (Wildman–Crippen MR) is 69.2 cm³/mol. The van der Waals surface area contributed by atoms with Crippen molar-refractivity contribution in [1.82, 2.24) is 0 Å². The molecule has 17 heavy (non-hydrogen) atoms. The van der Waals surface area contributed by atoms with Crippen LogP contribution in [-0.2, 0) is 4.79 Å². The molecule has 4 heteroatoms. The summed E-state index contributed by atoms with van der Waals surface area (Å²) in [4.78, 5) is 11.7. The number of anilines is 1. The molecule has 0 spiro atoms. The summed E-state index contributed by atoms with van der Waals surface area (Å²) in [6.07, 6.45) is 1.12. The van der Waals surface area contributed by atoms with Crippen molar-refractivity contribution >= 4 is 11.6 Å². The molecule has 1 unspecified atom stereocenters. The van der Waals surface area contributed by atoms with E-state index in [1.165, 1.54) is 0 Å². The summed E-state index contributed by atoms with van der Waals surface area (Å²) in [7, 11) is 1.59. The van der Waals surface area contributed by atoms with Crippen LogP contribution in [-0.4, -0.2) is 19.1 Å². The lowest BCUT2D eigenvalue weighted by atomic mass is 10.1. The summed E-state index contributed by atoms with van der Waals surface area (Å²) in [5, 5.41) is 2.81. The third-order valence-electron chi connectivity index (χ3n) is 2.60. The van der Waals surface area contributed by atoms with Crippen LogP contribution in [0.15, 0.2) is 18.2 Å². The Morgan fingerprint density at radius 1 is 1.53 bits per heavy atom. The lowest BCUT2D eigenvalue weighted by Crippen LogP contribution is -2.26. The van der Waals surface area contributed by atoms with Crippen LogP contribution < -0.4 is 15.8 Å². The fourth-order valence-electron chi connectivity index (χ4n) is 1.49. The lowest BCUT2D eigenvalue weighted by molar-refractivity contribution is -0.116. The van der Waals surface area contributed by atoms with Gasteiger partial charge in [0.05, 0.1) is 12.8 Å². The Morgan fingerprint density at radius 3 is 2.82 bits per heavy atom. The number of amides is 1. The number of ether oxygens (including phenoxy) is 1. The minimum Gasteiger partial charge on any atom is -0.495 e. The van der Waals surface area contributed by atoms with Gasteiger partial charge < -0.3 is 15.8 Å². The van der Waals surface area contributed by atoms with E-state index in [9.17, 15) is 4.79 Å². The van der Waals surface area contributed by atoms with E-state index in [1.54, 1.807) is 7.11 Å². The normalized spacial score (nSPS) is 12.0. The van der Waals surface area contributed by atoms with Crippen LogP contribution in [0.3, 0.4) is 0 Å². The van der Waals surface area contributed by atoms with Gasteiger partial charge in [-0.2, -0.15) is 0 Å². The number of nitrogens with two attached hydrogens (primary N) is 1. The highest BCUT2D eigenvalue weighted by molar-refractivity contribution is 5.92.